The molecule has 0 saturated carbocycles. The monoisotopic (exact) mass is 172 g/mol. The van der Waals surface area contributed by atoms with Crippen molar-refractivity contribution in [3.8, 4) is 0 Å². The number of aliphatic hydroxyl groups is 1. The van der Waals surface area contributed by atoms with E-state index in [1.807, 2.05) is 0 Å². The number of hydrogen-bond acceptors (Lipinski definition) is 2. The fraction of sp³-hybridized carbons (Fsp3) is 1.00. The molecule has 0 bridgehead atoms. The van der Waals surface area contributed by atoms with E-state index in [4.69, 9.17) is 4.74 Å². The fourth-order valence-corrected chi connectivity index (χ4v) is 1.66. The van der Waals surface area contributed by atoms with Crippen molar-refractivity contribution >= 4 is 0 Å². The summed E-state index contributed by atoms with van der Waals surface area (Å²) < 4.78 is 5.48. The number of hydrogen-bond donors (Lipinski definition) is 1. The van der Waals surface area contributed by atoms with Crippen LogP contribution < -0.4 is 0 Å². The number of aliphatic hydroxyl groups excluding tert-OH is 1. The van der Waals surface area contributed by atoms with Crippen LogP contribution in [0, 0.1) is 11.3 Å². The van der Waals surface area contributed by atoms with E-state index in [-0.39, 0.29) is 11.5 Å². The minimum atomic E-state index is -0.544. The Morgan fingerprint density at radius 3 is 2.25 bits per heavy atom. The van der Waals surface area contributed by atoms with Gasteiger partial charge < -0.3 is 9.84 Å². The molecule has 3 unspecified atom stereocenters. The van der Waals surface area contributed by atoms with E-state index in [0.29, 0.717) is 5.92 Å². The van der Waals surface area contributed by atoms with Crippen molar-refractivity contribution < 1.29 is 9.84 Å². The second-order valence-corrected chi connectivity index (χ2v) is 5.02. The summed E-state index contributed by atoms with van der Waals surface area (Å²) in [6.45, 7) is 8.64. The first kappa shape index (κ1) is 10.0. The van der Waals surface area contributed by atoms with Gasteiger partial charge in [0.15, 0.2) is 6.29 Å². The van der Waals surface area contributed by atoms with Crippen LogP contribution in [0.2, 0.25) is 0 Å². The Morgan fingerprint density at radius 1 is 1.25 bits per heavy atom. The maximum atomic E-state index is 9.39. The van der Waals surface area contributed by atoms with Crippen LogP contribution in [0.5, 0.6) is 0 Å². The summed E-state index contributed by atoms with van der Waals surface area (Å²) >= 11 is 0. The second kappa shape index (κ2) is 3.35. The van der Waals surface area contributed by atoms with Gasteiger partial charge in [-0.25, -0.2) is 0 Å². The molecule has 1 aliphatic heterocycles. The van der Waals surface area contributed by atoms with E-state index in [2.05, 4.69) is 27.7 Å². The topological polar surface area (TPSA) is 29.5 Å². The third-order valence-corrected chi connectivity index (χ3v) is 2.51. The Bertz CT molecular complexity index is 138. The third kappa shape index (κ3) is 2.46. The van der Waals surface area contributed by atoms with Gasteiger partial charge in [-0.15, -0.1) is 0 Å². The average molecular weight is 172 g/mol. The highest BCUT2D eigenvalue weighted by Gasteiger charge is 2.33. The largest absolute Gasteiger partial charge is 0.368 e. The van der Waals surface area contributed by atoms with Gasteiger partial charge >= 0.3 is 0 Å². The Kier molecular flexibility index (Phi) is 2.79. The van der Waals surface area contributed by atoms with Crippen LogP contribution in [-0.2, 0) is 4.74 Å². The molecule has 1 saturated heterocycles. The molecule has 1 aliphatic rings. The highest BCUT2D eigenvalue weighted by atomic mass is 16.6. The van der Waals surface area contributed by atoms with Gasteiger partial charge in [-0.1, -0.05) is 27.7 Å². The van der Waals surface area contributed by atoms with E-state index < -0.39 is 6.29 Å². The molecule has 2 nitrogen and oxygen atoms in total. The van der Waals surface area contributed by atoms with Crippen LogP contribution in [0.4, 0.5) is 0 Å². The highest BCUT2D eigenvalue weighted by Crippen LogP contribution is 2.33. The van der Waals surface area contributed by atoms with Gasteiger partial charge in [0.2, 0.25) is 0 Å². The first-order valence-corrected chi connectivity index (χ1v) is 4.73. The molecule has 0 amide bonds. The standard InChI is InChI=1S/C10H20O2/c1-7-5-8(10(2,3)4)12-9(11)6-7/h7-9,11H,5-6H2,1-4H3. The van der Waals surface area contributed by atoms with Gasteiger partial charge in [0.1, 0.15) is 0 Å². The van der Waals surface area contributed by atoms with Gasteiger partial charge in [0.05, 0.1) is 6.10 Å². The van der Waals surface area contributed by atoms with E-state index in [0.717, 1.165) is 12.8 Å². The molecule has 72 valence electrons. The van der Waals surface area contributed by atoms with Crippen molar-refractivity contribution in [2.24, 2.45) is 11.3 Å². The van der Waals surface area contributed by atoms with Gasteiger partial charge in [0, 0.05) is 6.42 Å². The highest BCUT2D eigenvalue weighted by molar-refractivity contribution is 4.80. The molecule has 2 heteroatoms. The molecule has 12 heavy (non-hydrogen) atoms. The predicted octanol–water partition coefficient (Wildman–Crippen LogP) is 2.17. The van der Waals surface area contributed by atoms with Gasteiger partial charge in [0.25, 0.3) is 0 Å². The zero-order valence-corrected chi connectivity index (χ0v) is 8.50. The Balaban J connectivity index is 2.55. The smallest absolute Gasteiger partial charge is 0.155 e. The molecule has 0 radical (unpaired) electrons. The molecule has 0 aliphatic carbocycles. The van der Waals surface area contributed by atoms with Crippen LogP contribution in [0.3, 0.4) is 0 Å². The van der Waals surface area contributed by atoms with E-state index in [9.17, 15) is 5.11 Å². The molecule has 1 heterocycles. The molecule has 3 atom stereocenters. The summed E-state index contributed by atoms with van der Waals surface area (Å²) in [6.07, 6.45) is 1.52. The Labute approximate surface area is 74.9 Å². The first-order valence-electron chi connectivity index (χ1n) is 4.73. The zero-order valence-electron chi connectivity index (χ0n) is 8.50. The predicted molar refractivity (Wildman–Crippen MR) is 48.7 cm³/mol. The van der Waals surface area contributed by atoms with Crippen LogP contribution in [0.25, 0.3) is 0 Å². The molecule has 1 fully saturated rings. The lowest BCUT2D eigenvalue weighted by Crippen LogP contribution is -2.39. The maximum Gasteiger partial charge on any atom is 0.155 e. The van der Waals surface area contributed by atoms with Crippen LogP contribution in [0.1, 0.15) is 40.5 Å². The molecule has 1 rings (SSSR count). The van der Waals surface area contributed by atoms with E-state index in [1.165, 1.54) is 0 Å². The summed E-state index contributed by atoms with van der Waals surface area (Å²) in [5.41, 5.74) is 0.148. The van der Waals surface area contributed by atoms with Crippen molar-refractivity contribution in [3.63, 3.8) is 0 Å². The summed E-state index contributed by atoms with van der Waals surface area (Å²) in [6, 6.07) is 0. The molecule has 0 aromatic heterocycles. The van der Waals surface area contributed by atoms with Crippen molar-refractivity contribution in [3.05, 3.63) is 0 Å². The fourth-order valence-electron chi connectivity index (χ4n) is 1.66. The van der Waals surface area contributed by atoms with E-state index in [1.54, 1.807) is 0 Å². The second-order valence-electron chi connectivity index (χ2n) is 5.02. The summed E-state index contributed by atoms with van der Waals surface area (Å²) in [5, 5.41) is 9.39. The molecular weight excluding hydrogens is 152 g/mol. The third-order valence-electron chi connectivity index (χ3n) is 2.51. The lowest BCUT2D eigenvalue weighted by Gasteiger charge is -2.38. The quantitative estimate of drug-likeness (QED) is 0.606. The Hall–Kier alpha value is -0.0800. The average Bonchev–Trinajstić information content (AvgIpc) is 1.82. The minimum absolute atomic E-state index is 0.148. The SMILES string of the molecule is CC1CC(O)OC(C(C)(C)C)C1. The number of rotatable bonds is 0. The van der Waals surface area contributed by atoms with Crippen LogP contribution >= 0.6 is 0 Å². The van der Waals surface area contributed by atoms with Gasteiger partial charge in [-0.2, -0.15) is 0 Å². The van der Waals surface area contributed by atoms with Crippen molar-refractivity contribution in [1.29, 1.82) is 0 Å². The molecule has 0 aromatic carbocycles. The lowest BCUT2D eigenvalue weighted by molar-refractivity contribution is -0.201. The van der Waals surface area contributed by atoms with Gasteiger partial charge in [-0.05, 0) is 17.8 Å². The minimum Gasteiger partial charge on any atom is -0.368 e. The summed E-state index contributed by atoms with van der Waals surface area (Å²) in [5.74, 6) is 0.581. The van der Waals surface area contributed by atoms with Crippen molar-refractivity contribution in [1.82, 2.24) is 0 Å². The van der Waals surface area contributed by atoms with Crippen LogP contribution in [-0.4, -0.2) is 17.5 Å². The number of ether oxygens (including phenoxy) is 1. The zero-order chi connectivity index (χ0) is 9.35. The first-order chi connectivity index (χ1) is 5.39. The van der Waals surface area contributed by atoms with Crippen LogP contribution in [0.15, 0.2) is 0 Å². The maximum absolute atomic E-state index is 9.39. The molecular formula is C10H20O2. The van der Waals surface area contributed by atoms with Crippen molar-refractivity contribution in [2.75, 3.05) is 0 Å². The van der Waals surface area contributed by atoms with Crippen molar-refractivity contribution in [2.45, 2.75) is 52.9 Å². The summed E-state index contributed by atoms with van der Waals surface area (Å²) in [7, 11) is 0. The molecule has 0 aromatic rings. The lowest BCUT2D eigenvalue weighted by atomic mass is 9.81. The molecule has 1 N–H and O–H groups in total. The van der Waals surface area contributed by atoms with E-state index >= 15 is 0 Å². The molecule has 0 spiro atoms. The Morgan fingerprint density at radius 2 is 1.83 bits per heavy atom. The normalized spacial score (nSPS) is 38.2. The van der Waals surface area contributed by atoms with Gasteiger partial charge in [-0.3, -0.25) is 0 Å². The summed E-state index contributed by atoms with van der Waals surface area (Å²) in [4.78, 5) is 0.